The monoisotopic (exact) mass is 606 g/mol. The molecule has 0 unspecified atom stereocenters. The molecule has 0 atom stereocenters. The van der Waals surface area contributed by atoms with Crippen molar-refractivity contribution < 1.29 is 13.2 Å². The first-order valence-corrected chi connectivity index (χ1v) is 15.1. The molecule has 0 radical (unpaired) electrons. The molecule has 7 nitrogen and oxygen atoms in total. The maximum atomic E-state index is 12.6. The molecule has 10 heteroatoms. The van der Waals surface area contributed by atoms with Gasteiger partial charge in [-0.05, 0) is 80.0 Å². The Morgan fingerprint density at radius 1 is 0.900 bits per heavy atom. The SMILES string of the molecule is COc1cc(-c2ccccc2)ccc1N1CCN(CC[C@H]2CC[C@H](NS(=O)(=O)c3cccnc3)CC2)CC1.Cl.Cl. The van der Waals surface area contributed by atoms with Crippen LogP contribution in [0.2, 0.25) is 0 Å². The van der Waals surface area contributed by atoms with Gasteiger partial charge in [0.2, 0.25) is 10.0 Å². The number of aromatic nitrogens is 1. The second-order valence-electron chi connectivity index (χ2n) is 10.4. The Morgan fingerprint density at radius 3 is 2.27 bits per heavy atom. The number of anilines is 1. The van der Waals surface area contributed by atoms with E-state index in [1.54, 1.807) is 25.4 Å². The number of benzene rings is 2. The summed E-state index contributed by atoms with van der Waals surface area (Å²) in [4.78, 5) is 9.18. The minimum atomic E-state index is -3.49. The third-order valence-corrected chi connectivity index (χ3v) is 9.47. The summed E-state index contributed by atoms with van der Waals surface area (Å²) < 4.78 is 33.9. The first-order chi connectivity index (χ1) is 18.5. The van der Waals surface area contributed by atoms with Gasteiger partial charge in [0.15, 0.2) is 0 Å². The van der Waals surface area contributed by atoms with Crippen LogP contribution in [0.1, 0.15) is 32.1 Å². The van der Waals surface area contributed by atoms with E-state index in [1.807, 2.05) is 6.07 Å². The summed E-state index contributed by atoms with van der Waals surface area (Å²) in [7, 11) is -1.74. The van der Waals surface area contributed by atoms with Gasteiger partial charge in [0.05, 0.1) is 12.8 Å². The van der Waals surface area contributed by atoms with Crippen LogP contribution in [0.3, 0.4) is 0 Å². The summed E-state index contributed by atoms with van der Waals surface area (Å²) in [5.74, 6) is 1.59. The number of piperazine rings is 1. The molecule has 2 heterocycles. The number of nitrogens with one attached hydrogen (secondary N) is 1. The number of nitrogens with zero attached hydrogens (tertiary/aromatic N) is 3. The average molecular weight is 608 g/mol. The van der Waals surface area contributed by atoms with Crippen LogP contribution in [0.4, 0.5) is 5.69 Å². The standard InChI is InChI=1S/C30H38N4O3S.2ClH/c1-37-30-22-26(25-6-3-2-4-7-25)11-14-29(30)34-20-18-33(19-21-34)17-15-24-9-12-27(13-10-24)32-38(35,36)28-8-5-16-31-23-28;;/h2-8,11,14,16,22-24,27,32H,9-10,12-13,15,17-21H2,1H3;2*1H/t24-,27-;;. The Morgan fingerprint density at radius 2 is 1.62 bits per heavy atom. The van der Waals surface area contributed by atoms with Crippen molar-refractivity contribution in [2.45, 2.75) is 43.0 Å². The van der Waals surface area contributed by atoms with Crippen molar-refractivity contribution in [1.82, 2.24) is 14.6 Å². The van der Waals surface area contributed by atoms with E-state index in [4.69, 9.17) is 4.74 Å². The van der Waals surface area contributed by atoms with Crippen molar-refractivity contribution in [1.29, 1.82) is 0 Å². The third-order valence-electron chi connectivity index (χ3n) is 7.97. The van der Waals surface area contributed by atoms with Gasteiger partial charge in [-0.2, -0.15) is 0 Å². The molecule has 0 spiro atoms. The molecule has 2 aliphatic rings. The van der Waals surface area contributed by atoms with Gasteiger partial charge in [-0.1, -0.05) is 36.4 Å². The Balaban J connectivity index is 0.00000220. The quantitative estimate of drug-likeness (QED) is 0.339. The average Bonchev–Trinajstić information content (AvgIpc) is 2.97. The molecule has 1 aliphatic carbocycles. The molecule has 1 aromatic heterocycles. The highest BCUT2D eigenvalue weighted by molar-refractivity contribution is 7.89. The van der Waals surface area contributed by atoms with E-state index in [0.29, 0.717) is 5.92 Å². The highest BCUT2D eigenvalue weighted by Gasteiger charge is 2.27. The van der Waals surface area contributed by atoms with Crippen molar-refractivity contribution in [3.63, 3.8) is 0 Å². The normalized spacial score (nSPS) is 19.8. The van der Waals surface area contributed by atoms with Crippen molar-refractivity contribution >= 4 is 40.5 Å². The molecular weight excluding hydrogens is 567 g/mol. The lowest BCUT2D eigenvalue weighted by molar-refractivity contribution is 0.214. The molecule has 3 aromatic rings. The predicted octanol–water partition coefficient (Wildman–Crippen LogP) is 5.65. The van der Waals surface area contributed by atoms with Crippen molar-refractivity contribution in [2.24, 2.45) is 5.92 Å². The molecule has 2 fully saturated rings. The maximum absolute atomic E-state index is 12.6. The molecule has 1 saturated heterocycles. The number of pyridine rings is 1. The number of halogens is 2. The van der Waals surface area contributed by atoms with Gasteiger partial charge in [-0.15, -0.1) is 24.8 Å². The van der Waals surface area contributed by atoms with Gasteiger partial charge in [-0.25, -0.2) is 13.1 Å². The number of hydrogen-bond acceptors (Lipinski definition) is 6. The molecule has 1 saturated carbocycles. The first-order valence-electron chi connectivity index (χ1n) is 13.6. The summed E-state index contributed by atoms with van der Waals surface area (Å²) >= 11 is 0. The van der Waals surface area contributed by atoms with Gasteiger partial charge in [0, 0.05) is 44.6 Å². The van der Waals surface area contributed by atoms with Crippen LogP contribution in [0.5, 0.6) is 5.75 Å². The fraction of sp³-hybridized carbons (Fsp3) is 0.433. The van der Waals surface area contributed by atoms with Gasteiger partial charge in [0.25, 0.3) is 0 Å². The molecule has 1 aliphatic heterocycles. The fourth-order valence-corrected chi connectivity index (χ4v) is 6.96. The number of sulfonamides is 1. The molecule has 0 amide bonds. The summed E-state index contributed by atoms with van der Waals surface area (Å²) in [6.07, 6.45) is 8.12. The summed E-state index contributed by atoms with van der Waals surface area (Å²) in [6, 6.07) is 20.2. The zero-order chi connectivity index (χ0) is 26.4. The van der Waals surface area contributed by atoms with Crippen LogP contribution < -0.4 is 14.4 Å². The number of rotatable bonds is 9. The van der Waals surface area contributed by atoms with E-state index in [-0.39, 0.29) is 35.8 Å². The Bertz CT molecular complexity index is 1280. The van der Waals surface area contributed by atoms with Crippen LogP contribution in [-0.4, -0.2) is 64.2 Å². The van der Waals surface area contributed by atoms with Crippen molar-refractivity contribution in [3.8, 4) is 16.9 Å². The van der Waals surface area contributed by atoms with Crippen LogP contribution in [0.15, 0.2) is 78.0 Å². The smallest absolute Gasteiger partial charge is 0.242 e. The highest BCUT2D eigenvalue weighted by Crippen LogP contribution is 2.34. The van der Waals surface area contributed by atoms with Crippen molar-refractivity contribution in [2.75, 3.05) is 44.7 Å². The molecule has 218 valence electrons. The van der Waals surface area contributed by atoms with Crippen molar-refractivity contribution in [3.05, 3.63) is 73.1 Å². The molecular formula is C30H40Cl2N4O3S. The summed E-state index contributed by atoms with van der Waals surface area (Å²) in [5, 5.41) is 0. The molecule has 5 rings (SSSR count). The van der Waals surface area contributed by atoms with Gasteiger partial charge in [-0.3, -0.25) is 9.88 Å². The maximum Gasteiger partial charge on any atom is 0.242 e. The molecule has 40 heavy (non-hydrogen) atoms. The Hall–Kier alpha value is -2.36. The lowest BCUT2D eigenvalue weighted by Gasteiger charge is -2.37. The third kappa shape index (κ3) is 8.10. The van der Waals surface area contributed by atoms with E-state index < -0.39 is 10.0 Å². The largest absolute Gasteiger partial charge is 0.495 e. The van der Waals surface area contributed by atoms with Gasteiger partial charge < -0.3 is 9.64 Å². The second kappa shape index (κ2) is 15.0. The minimum Gasteiger partial charge on any atom is -0.495 e. The summed E-state index contributed by atoms with van der Waals surface area (Å²) in [5.41, 5.74) is 3.53. The highest BCUT2D eigenvalue weighted by atomic mass is 35.5. The lowest BCUT2D eigenvalue weighted by atomic mass is 9.84. The Labute approximate surface area is 251 Å². The van der Waals surface area contributed by atoms with E-state index in [0.717, 1.165) is 64.2 Å². The molecule has 0 bridgehead atoms. The lowest BCUT2D eigenvalue weighted by Crippen LogP contribution is -2.47. The predicted molar refractivity (Wildman–Crippen MR) is 167 cm³/mol. The number of hydrogen-bond donors (Lipinski definition) is 1. The molecule has 2 aromatic carbocycles. The summed E-state index contributed by atoms with van der Waals surface area (Å²) in [6.45, 7) is 5.18. The van der Waals surface area contributed by atoms with Gasteiger partial charge >= 0.3 is 0 Å². The molecule has 1 N–H and O–H groups in total. The second-order valence-corrected chi connectivity index (χ2v) is 12.1. The zero-order valence-electron chi connectivity index (χ0n) is 22.9. The topological polar surface area (TPSA) is 74.8 Å². The van der Waals surface area contributed by atoms with Gasteiger partial charge in [0.1, 0.15) is 10.6 Å². The van der Waals surface area contributed by atoms with Crippen LogP contribution in [0.25, 0.3) is 11.1 Å². The van der Waals surface area contributed by atoms with E-state index in [9.17, 15) is 8.42 Å². The number of ether oxygens (including phenoxy) is 1. The van der Waals surface area contributed by atoms with Crippen LogP contribution in [-0.2, 0) is 10.0 Å². The van der Waals surface area contributed by atoms with E-state index in [1.165, 1.54) is 29.4 Å². The van der Waals surface area contributed by atoms with Crippen LogP contribution >= 0.6 is 24.8 Å². The zero-order valence-corrected chi connectivity index (χ0v) is 25.4. The fourth-order valence-electron chi connectivity index (χ4n) is 5.69. The number of methoxy groups -OCH3 is 1. The van der Waals surface area contributed by atoms with Crippen LogP contribution in [0, 0.1) is 5.92 Å². The Kier molecular flexibility index (Phi) is 12.1. The first kappa shape index (κ1) is 32.2. The van der Waals surface area contributed by atoms with E-state index in [2.05, 4.69) is 62.0 Å². The minimum absolute atomic E-state index is 0. The van der Waals surface area contributed by atoms with E-state index >= 15 is 0 Å².